The zero-order valence-electron chi connectivity index (χ0n) is 58.4. The normalized spacial score (nSPS) is 15.1. The molecule has 1 unspecified atom stereocenters. The van der Waals surface area contributed by atoms with Gasteiger partial charge in [-0.3, -0.25) is 0 Å². The summed E-state index contributed by atoms with van der Waals surface area (Å²) in [7, 11) is 0. The quantitative estimate of drug-likeness (QED) is 0.151. The molecule has 2 aromatic heterocycles. The highest BCUT2D eigenvalue weighted by Gasteiger charge is 2.53. The molecule has 108 heavy (non-hydrogen) atoms. The van der Waals surface area contributed by atoms with Crippen LogP contribution in [0.4, 0.5) is 0 Å². The summed E-state index contributed by atoms with van der Waals surface area (Å²) in [6, 6.07) is 132. The van der Waals surface area contributed by atoms with E-state index < -0.39 is 10.8 Å². The Morgan fingerprint density at radius 2 is 0.481 bits per heavy atom. The number of fused-ring (bicyclic) bond motifs is 18. The number of nitrogens with zero attached hydrogens (tertiary/aromatic N) is 4. The second-order valence-electron chi connectivity index (χ2n) is 29.2. The van der Waals surface area contributed by atoms with Gasteiger partial charge in [0.05, 0.1) is 33.6 Å². The minimum atomic E-state index is -0.610. The number of aromatic nitrogens is 4. The van der Waals surface area contributed by atoms with Crippen LogP contribution in [0.25, 0.3) is 112 Å². The van der Waals surface area contributed by atoms with E-state index >= 15 is 0 Å². The van der Waals surface area contributed by atoms with Gasteiger partial charge in [-0.1, -0.05) is 303 Å². The van der Waals surface area contributed by atoms with Gasteiger partial charge < -0.3 is 9.47 Å². The zero-order valence-corrected chi connectivity index (χ0v) is 58.4. The average Bonchev–Trinajstić information content (AvgIpc) is 1.45. The van der Waals surface area contributed by atoms with E-state index in [1.54, 1.807) is 0 Å². The van der Waals surface area contributed by atoms with E-state index in [0.717, 1.165) is 124 Å². The largest absolute Gasteiger partial charge is 0.457 e. The predicted octanol–water partition coefficient (Wildman–Crippen LogP) is 24.5. The lowest BCUT2D eigenvalue weighted by Gasteiger charge is -2.42. The van der Waals surface area contributed by atoms with Gasteiger partial charge in [0.25, 0.3) is 0 Å². The van der Waals surface area contributed by atoms with Crippen molar-refractivity contribution in [1.82, 2.24) is 19.9 Å². The molecule has 4 heterocycles. The maximum Gasteiger partial charge on any atom is 0.160 e. The van der Waals surface area contributed by atoms with Crippen LogP contribution in [-0.4, -0.2) is 19.9 Å². The Labute approximate surface area is 625 Å². The first-order chi connectivity index (χ1) is 53.5. The van der Waals surface area contributed by atoms with Crippen LogP contribution in [0.15, 0.2) is 364 Å². The molecule has 24 rings (SSSR count). The van der Waals surface area contributed by atoms with Crippen molar-refractivity contribution in [3.05, 3.63) is 442 Å². The molecule has 2 atom stereocenters. The Bertz CT molecular complexity index is 6180. The van der Waals surface area contributed by atoms with Gasteiger partial charge in [0.1, 0.15) is 23.0 Å². The summed E-state index contributed by atoms with van der Waals surface area (Å²) in [5.74, 6) is 4.66. The Hall–Kier alpha value is -13.9. The molecule has 502 valence electrons. The maximum absolute atomic E-state index is 6.91. The van der Waals surface area contributed by atoms with Crippen molar-refractivity contribution >= 4 is 0 Å². The summed E-state index contributed by atoms with van der Waals surface area (Å²) < 4.78 is 13.8. The molecule has 5 aliphatic carbocycles. The van der Waals surface area contributed by atoms with Gasteiger partial charge in [-0.2, -0.15) is 0 Å². The molecule has 2 spiro atoms. The molecule has 6 heteroatoms. The van der Waals surface area contributed by atoms with E-state index in [2.05, 4.69) is 364 Å². The molecule has 0 saturated carbocycles. The van der Waals surface area contributed by atoms with Gasteiger partial charge in [-0.25, -0.2) is 19.9 Å². The van der Waals surface area contributed by atoms with Gasteiger partial charge in [0.2, 0.25) is 0 Å². The predicted molar refractivity (Wildman–Crippen MR) is 431 cm³/mol. The SMILES string of the molecule is c1ccc(-c2cc(-c3ccccc3-c3ccc4c(c3)C3(c5ccccc5O4)c4ccccc4-c4ccccc43)nc(-c3ccc4c(c3)C3c5ccccc5[C@H]4c4cc(-c5nc(-c6ccccc6)cc(-c6ccccc6-c6ccc7c(c6)C6(c8ccccc8O7)c7ccccc7-c7ccccc76)n5)ccc43)n2)cc1. The van der Waals surface area contributed by atoms with Gasteiger partial charge in [-0.05, 0) is 161 Å². The number of para-hydroxylation sites is 2. The third-order valence-electron chi connectivity index (χ3n) is 23.9. The molecule has 0 radical (unpaired) electrons. The third kappa shape index (κ3) is 8.65. The summed E-state index contributed by atoms with van der Waals surface area (Å²) in [4.78, 5) is 22.3. The third-order valence-corrected chi connectivity index (χ3v) is 23.9. The van der Waals surface area contributed by atoms with Crippen molar-refractivity contribution in [2.24, 2.45) is 0 Å². The molecule has 7 aliphatic rings. The minimum Gasteiger partial charge on any atom is -0.457 e. The van der Waals surface area contributed by atoms with Gasteiger partial charge >= 0.3 is 0 Å². The molecule has 0 fully saturated rings. The van der Waals surface area contributed by atoms with E-state index in [-0.39, 0.29) is 11.8 Å². The number of hydrogen-bond donors (Lipinski definition) is 0. The molecular weight excluding hydrogens is 1310 g/mol. The van der Waals surface area contributed by atoms with Crippen LogP contribution < -0.4 is 9.47 Å². The molecule has 0 saturated heterocycles. The molecule has 2 aliphatic heterocycles. The standard InChI is InChI=1S/C102H62N4O2/c1-3-25-61(26-4-1)89-59-91(73-35-9-7-29-67(73)63-49-53-95-87(57-63)101(85-43-21-23-45-93(85)107-95)81-39-17-13-31-69(81)70-32-14-18-40-82(70)101)105-99(103-89)65-47-51-77-79(55-65)97-75-37-11-12-38-76(75)98(77)80-56-66(48-52-78(80)97)100-104-90(62-27-5-2-6-28-62)60-92(106-100)74-36-10-8-30-68(74)64-50-54-96-88(58-64)102(86-44-22-24-46-94(86)108-96)83-41-19-15-33-71(83)72-34-16-20-42-84(72)102/h1-60,97-98H/t97-,98?/m1/s1. The number of hydrogen-bond acceptors (Lipinski definition) is 6. The highest BCUT2D eigenvalue weighted by molar-refractivity contribution is 5.94. The van der Waals surface area contributed by atoms with Gasteiger partial charge in [0, 0.05) is 67.5 Å². The highest BCUT2D eigenvalue weighted by Crippen LogP contribution is 2.65. The molecule has 6 nitrogen and oxygen atoms in total. The van der Waals surface area contributed by atoms with Crippen LogP contribution in [0.2, 0.25) is 0 Å². The van der Waals surface area contributed by atoms with E-state index in [4.69, 9.17) is 29.4 Å². The Balaban J connectivity index is 0.635. The molecule has 15 aromatic carbocycles. The van der Waals surface area contributed by atoms with E-state index in [9.17, 15) is 0 Å². The van der Waals surface area contributed by atoms with Crippen LogP contribution in [0.3, 0.4) is 0 Å². The summed E-state index contributed by atoms with van der Waals surface area (Å²) in [5.41, 5.74) is 34.6. The van der Waals surface area contributed by atoms with Crippen molar-refractivity contribution in [1.29, 1.82) is 0 Å². The fraction of sp³-hybridized carbons (Fsp3) is 0.0392. The fourth-order valence-electron chi connectivity index (χ4n) is 19.4. The Morgan fingerprint density at radius 1 is 0.185 bits per heavy atom. The highest BCUT2D eigenvalue weighted by atomic mass is 16.5. The number of rotatable bonds is 8. The molecule has 17 aromatic rings. The molecule has 2 bridgehead atoms. The smallest absolute Gasteiger partial charge is 0.160 e. The van der Waals surface area contributed by atoms with E-state index in [1.165, 1.54) is 77.9 Å². The first-order valence-corrected chi connectivity index (χ1v) is 37.2. The summed E-state index contributed by atoms with van der Waals surface area (Å²) in [6.45, 7) is 0. The molecular formula is C102H62N4O2. The van der Waals surface area contributed by atoms with Crippen molar-refractivity contribution < 1.29 is 9.47 Å². The Kier molecular flexibility index (Phi) is 13.0. The van der Waals surface area contributed by atoms with Gasteiger partial charge in [0.15, 0.2) is 11.6 Å². The molecule has 0 amide bonds. The molecule has 0 N–H and O–H groups in total. The van der Waals surface area contributed by atoms with Crippen LogP contribution >= 0.6 is 0 Å². The topological polar surface area (TPSA) is 70.0 Å². The second kappa shape index (κ2) is 23.3. The van der Waals surface area contributed by atoms with Crippen molar-refractivity contribution in [2.75, 3.05) is 0 Å². The van der Waals surface area contributed by atoms with E-state index in [0.29, 0.717) is 11.6 Å². The van der Waals surface area contributed by atoms with Crippen LogP contribution in [-0.2, 0) is 10.8 Å². The first-order valence-electron chi connectivity index (χ1n) is 37.2. The lowest BCUT2D eigenvalue weighted by molar-refractivity contribution is 0.436. The average molecular weight is 1380 g/mol. The number of benzene rings is 15. The second-order valence-corrected chi connectivity index (χ2v) is 29.2. The Morgan fingerprint density at radius 3 is 0.880 bits per heavy atom. The van der Waals surface area contributed by atoms with Crippen LogP contribution in [0.1, 0.15) is 89.7 Å². The lowest BCUT2D eigenvalue weighted by atomic mass is 9.61. The van der Waals surface area contributed by atoms with Crippen molar-refractivity contribution in [3.8, 4) is 135 Å². The zero-order chi connectivity index (χ0) is 70.8. The van der Waals surface area contributed by atoms with Crippen LogP contribution in [0.5, 0.6) is 23.0 Å². The number of ether oxygens (including phenoxy) is 2. The lowest BCUT2D eigenvalue weighted by Crippen LogP contribution is -2.32. The maximum atomic E-state index is 6.91. The monoisotopic (exact) mass is 1370 g/mol. The van der Waals surface area contributed by atoms with E-state index in [1.807, 2.05) is 0 Å². The van der Waals surface area contributed by atoms with Gasteiger partial charge in [-0.15, -0.1) is 0 Å². The summed E-state index contributed by atoms with van der Waals surface area (Å²) in [6.07, 6.45) is 0. The minimum absolute atomic E-state index is 0.0513. The van der Waals surface area contributed by atoms with Crippen molar-refractivity contribution in [2.45, 2.75) is 22.7 Å². The van der Waals surface area contributed by atoms with Crippen LogP contribution in [0, 0.1) is 0 Å². The van der Waals surface area contributed by atoms with Crippen molar-refractivity contribution in [3.63, 3.8) is 0 Å². The first kappa shape index (κ1) is 60.5. The summed E-state index contributed by atoms with van der Waals surface area (Å²) >= 11 is 0. The summed E-state index contributed by atoms with van der Waals surface area (Å²) in [5, 5.41) is 0. The fourth-order valence-corrected chi connectivity index (χ4v) is 19.4.